The van der Waals surface area contributed by atoms with Gasteiger partial charge < -0.3 is 19.6 Å². The molecule has 0 spiro atoms. The fourth-order valence-electron chi connectivity index (χ4n) is 3.48. The van der Waals surface area contributed by atoms with Crippen LogP contribution in [0.15, 0.2) is 51.7 Å². The van der Waals surface area contributed by atoms with Crippen molar-refractivity contribution in [3.63, 3.8) is 0 Å². The normalized spacial score (nSPS) is 11.8. The van der Waals surface area contributed by atoms with Crippen molar-refractivity contribution in [2.45, 2.75) is 39.2 Å². The van der Waals surface area contributed by atoms with Crippen LogP contribution in [0.4, 0.5) is 0 Å². The molecule has 0 aliphatic heterocycles. The highest BCUT2D eigenvalue weighted by molar-refractivity contribution is 6.30. The van der Waals surface area contributed by atoms with Gasteiger partial charge in [0.1, 0.15) is 17.4 Å². The molecule has 2 N–H and O–H groups in total. The van der Waals surface area contributed by atoms with Crippen molar-refractivity contribution in [2.24, 2.45) is 0 Å². The lowest BCUT2D eigenvalue weighted by atomic mass is 10.0. The molecule has 2 aromatic carbocycles. The van der Waals surface area contributed by atoms with Crippen molar-refractivity contribution in [1.82, 2.24) is 5.32 Å². The molecule has 0 unspecified atom stereocenters. The van der Waals surface area contributed by atoms with Gasteiger partial charge in [-0.1, -0.05) is 37.1 Å². The summed E-state index contributed by atoms with van der Waals surface area (Å²) in [6.45, 7) is 3.39. The number of amides is 1. The molecule has 0 fully saturated rings. The number of halogens is 1. The Morgan fingerprint density at radius 1 is 1.19 bits per heavy atom. The van der Waals surface area contributed by atoms with Gasteiger partial charge >= 0.3 is 11.6 Å². The highest BCUT2D eigenvalue weighted by Gasteiger charge is 2.21. The van der Waals surface area contributed by atoms with Crippen LogP contribution in [0.2, 0.25) is 5.02 Å². The SMILES string of the molecule is CCCc1cc(=O)oc2c(C)c(OCC(=O)N[C@@H](Cc3ccc(Cl)cc3)C(=O)O)ccc12. The van der Waals surface area contributed by atoms with Crippen molar-refractivity contribution in [3.8, 4) is 5.75 Å². The first kappa shape index (κ1) is 23.3. The molecule has 0 aliphatic rings. The first-order valence-electron chi connectivity index (χ1n) is 10.2. The molecule has 0 radical (unpaired) electrons. The number of carbonyl (C=O) groups is 2. The van der Waals surface area contributed by atoms with Crippen LogP contribution in [0.3, 0.4) is 0 Å². The molecule has 3 aromatic rings. The Labute approximate surface area is 190 Å². The van der Waals surface area contributed by atoms with Crippen LogP contribution < -0.4 is 15.7 Å². The summed E-state index contributed by atoms with van der Waals surface area (Å²) in [6.07, 6.45) is 1.74. The van der Waals surface area contributed by atoms with Gasteiger partial charge in [-0.2, -0.15) is 0 Å². The zero-order valence-electron chi connectivity index (χ0n) is 17.8. The Balaban J connectivity index is 1.70. The average Bonchev–Trinajstić information content (AvgIpc) is 2.75. The Morgan fingerprint density at radius 2 is 1.91 bits per heavy atom. The number of rotatable bonds is 9. The number of nitrogens with one attached hydrogen (secondary N) is 1. The molecule has 3 rings (SSSR count). The second-order valence-corrected chi connectivity index (χ2v) is 7.92. The predicted molar refractivity (Wildman–Crippen MR) is 121 cm³/mol. The van der Waals surface area contributed by atoms with Crippen LogP contribution >= 0.6 is 11.6 Å². The molecule has 1 heterocycles. The van der Waals surface area contributed by atoms with Gasteiger partial charge in [0.15, 0.2) is 6.61 Å². The van der Waals surface area contributed by atoms with E-state index < -0.39 is 23.5 Å². The molecule has 1 atom stereocenters. The minimum Gasteiger partial charge on any atom is -0.483 e. The van der Waals surface area contributed by atoms with Crippen molar-refractivity contribution in [3.05, 3.63) is 74.6 Å². The van der Waals surface area contributed by atoms with Crippen LogP contribution in [0.25, 0.3) is 11.0 Å². The monoisotopic (exact) mass is 457 g/mol. The van der Waals surface area contributed by atoms with E-state index in [1.807, 2.05) is 6.92 Å². The lowest BCUT2D eigenvalue weighted by molar-refractivity contribution is -0.142. The minimum atomic E-state index is -1.15. The Hall–Kier alpha value is -3.32. The summed E-state index contributed by atoms with van der Waals surface area (Å²) >= 11 is 5.85. The van der Waals surface area contributed by atoms with E-state index in [0.29, 0.717) is 21.9 Å². The number of hydrogen-bond donors (Lipinski definition) is 2. The summed E-state index contributed by atoms with van der Waals surface area (Å²) < 4.78 is 11.0. The van der Waals surface area contributed by atoms with Crippen LogP contribution in [-0.2, 0) is 22.4 Å². The number of benzene rings is 2. The quantitative estimate of drug-likeness (QED) is 0.472. The maximum absolute atomic E-state index is 12.3. The molecular weight excluding hydrogens is 434 g/mol. The third-order valence-electron chi connectivity index (χ3n) is 5.06. The lowest BCUT2D eigenvalue weighted by Crippen LogP contribution is -2.44. The largest absolute Gasteiger partial charge is 0.483 e. The van der Waals surface area contributed by atoms with Gasteiger partial charge in [0.25, 0.3) is 5.91 Å². The number of carboxylic acids is 1. The Morgan fingerprint density at radius 3 is 2.56 bits per heavy atom. The minimum absolute atomic E-state index is 0.110. The van der Waals surface area contributed by atoms with Crippen molar-refractivity contribution in [1.29, 1.82) is 0 Å². The van der Waals surface area contributed by atoms with Gasteiger partial charge in [-0.05, 0) is 48.7 Å². The number of fused-ring (bicyclic) bond motifs is 1. The van der Waals surface area contributed by atoms with Crippen molar-refractivity contribution >= 4 is 34.4 Å². The summed E-state index contributed by atoms with van der Waals surface area (Å²) in [5, 5.41) is 13.3. The third kappa shape index (κ3) is 5.68. The summed E-state index contributed by atoms with van der Waals surface area (Å²) in [5.41, 5.74) is 2.21. The topological polar surface area (TPSA) is 106 Å². The zero-order valence-corrected chi connectivity index (χ0v) is 18.6. The number of hydrogen-bond acceptors (Lipinski definition) is 5. The van der Waals surface area contributed by atoms with Crippen LogP contribution in [0.1, 0.15) is 30.0 Å². The highest BCUT2D eigenvalue weighted by Crippen LogP contribution is 2.29. The van der Waals surface area contributed by atoms with E-state index in [2.05, 4.69) is 5.32 Å². The molecule has 0 saturated carbocycles. The Bertz CT molecular complexity index is 1190. The first-order chi connectivity index (χ1) is 15.3. The molecule has 7 nitrogen and oxygen atoms in total. The maximum Gasteiger partial charge on any atom is 0.336 e. The van der Waals surface area contributed by atoms with Gasteiger partial charge in [0.05, 0.1) is 0 Å². The fraction of sp³-hybridized carbons (Fsp3) is 0.292. The van der Waals surface area contributed by atoms with Crippen LogP contribution in [-0.4, -0.2) is 29.6 Å². The van der Waals surface area contributed by atoms with Crippen LogP contribution in [0.5, 0.6) is 5.75 Å². The van der Waals surface area contributed by atoms with E-state index in [1.165, 1.54) is 6.07 Å². The fourth-order valence-corrected chi connectivity index (χ4v) is 3.60. The van der Waals surface area contributed by atoms with E-state index in [1.54, 1.807) is 43.3 Å². The first-order valence-corrected chi connectivity index (χ1v) is 10.6. The molecule has 32 heavy (non-hydrogen) atoms. The number of aliphatic carboxylic acids is 1. The lowest BCUT2D eigenvalue weighted by Gasteiger charge is -2.16. The maximum atomic E-state index is 12.3. The van der Waals surface area contributed by atoms with E-state index in [-0.39, 0.29) is 13.0 Å². The third-order valence-corrected chi connectivity index (χ3v) is 5.31. The van der Waals surface area contributed by atoms with E-state index in [9.17, 15) is 19.5 Å². The molecule has 1 amide bonds. The summed E-state index contributed by atoms with van der Waals surface area (Å²) in [7, 11) is 0. The number of carbonyl (C=O) groups excluding carboxylic acids is 1. The second kappa shape index (κ2) is 10.3. The van der Waals surface area contributed by atoms with Gasteiger partial charge in [-0.3, -0.25) is 4.79 Å². The number of aryl methyl sites for hydroxylation is 2. The van der Waals surface area contributed by atoms with E-state index in [4.69, 9.17) is 20.8 Å². The average molecular weight is 458 g/mol. The molecule has 1 aromatic heterocycles. The van der Waals surface area contributed by atoms with Gasteiger partial charge in [0.2, 0.25) is 0 Å². The molecule has 8 heteroatoms. The Kier molecular flexibility index (Phi) is 7.53. The predicted octanol–water partition coefficient (Wildman–Crippen LogP) is 3.90. The summed E-state index contributed by atoms with van der Waals surface area (Å²) in [6, 6.07) is 10.6. The summed E-state index contributed by atoms with van der Waals surface area (Å²) in [5.74, 6) is -1.35. The number of ether oxygens (including phenoxy) is 1. The second-order valence-electron chi connectivity index (χ2n) is 7.48. The standard InChI is InChI=1S/C24H24ClNO6/c1-3-4-16-12-22(28)32-23-14(2)20(10-9-18(16)23)31-13-21(27)26-19(24(29)30)11-15-5-7-17(25)8-6-15/h5-10,12,19H,3-4,11,13H2,1-2H3,(H,26,27)(H,29,30)/t19-/m0/s1. The zero-order chi connectivity index (χ0) is 23.3. The number of carboxylic acid groups (broad SMARTS) is 1. The van der Waals surface area contributed by atoms with E-state index >= 15 is 0 Å². The molecule has 0 saturated heterocycles. The summed E-state index contributed by atoms with van der Waals surface area (Å²) in [4.78, 5) is 35.9. The molecule has 168 valence electrons. The van der Waals surface area contributed by atoms with Crippen molar-refractivity contribution < 1.29 is 23.8 Å². The van der Waals surface area contributed by atoms with Crippen molar-refractivity contribution in [2.75, 3.05) is 6.61 Å². The van der Waals surface area contributed by atoms with Crippen LogP contribution in [0, 0.1) is 6.92 Å². The molecule has 0 aliphatic carbocycles. The molecule has 0 bridgehead atoms. The smallest absolute Gasteiger partial charge is 0.336 e. The van der Waals surface area contributed by atoms with E-state index in [0.717, 1.165) is 29.4 Å². The van der Waals surface area contributed by atoms with Gasteiger partial charge in [0, 0.05) is 28.5 Å². The highest BCUT2D eigenvalue weighted by atomic mass is 35.5. The van der Waals surface area contributed by atoms with Gasteiger partial charge in [-0.25, -0.2) is 9.59 Å². The van der Waals surface area contributed by atoms with Gasteiger partial charge in [-0.15, -0.1) is 0 Å². The molecular formula is C24H24ClNO6.